The summed E-state index contributed by atoms with van der Waals surface area (Å²) in [5, 5.41) is 15.6. The minimum atomic E-state index is -0.656. The van der Waals surface area contributed by atoms with Crippen molar-refractivity contribution in [3.8, 4) is 0 Å². The van der Waals surface area contributed by atoms with Crippen LogP contribution in [0, 0.1) is 0 Å². The number of amides is 1. The van der Waals surface area contributed by atoms with Crippen molar-refractivity contribution in [2.75, 3.05) is 17.7 Å². The normalized spacial score (nSPS) is 13.2. The molecule has 3 N–H and O–H groups in total. The van der Waals surface area contributed by atoms with Gasteiger partial charge in [-0.2, -0.15) is 0 Å². The van der Waals surface area contributed by atoms with Gasteiger partial charge in [0.05, 0.1) is 23.6 Å². The summed E-state index contributed by atoms with van der Waals surface area (Å²) in [6.07, 6.45) is -0.656. The molecule has 0 aliphatic carbocycles. The van der Waals surface area contributed by atoms with Crippen LogP contribution in [-0.2, 0) is 0 Å². The molecule has 0 bridgehead atoms. The van der Waals surface area contributed by atoms with Gasteiger partial charge < -0.3 is 15.7 Å². The fraction of sp³-hybridized carbons (Fsp3) is 0.278. The molecule has 0 fully saturated rings. The third kappa shape index (κ3) is 4.98. The topological polar surface area (TPSA) is 61.4 Å². The average Bonchev–Trinajstić information content (AvgIpc) is 2.60. The van der Waals surface area contributed by atoms with E-state index in [-0.39, 0.29) is 17.8 Å². The van der Waals surface area contributed by atoms with Crippen molar-refractivity contribution in [3.63, 3.8) is 0 Å². The van der Waals surface area contributed by atoms with Crippen molar-refractivity contribution in [1.29, 1.82) is 0 Å². The molecular weight excluding hydrogens is 312 g/mol. The first-order chi connectivity index (χ1) is 11.1. The van der Waals surface area contributed by atoms with Crippen molar-refractivity contribution >= 4 is 23.2 Å². The second kappa shape index (κ2) is 8.56. The summed E-state index contributed by atoms with van der Waals surface area (Å²) in [4.78, 5) is 12.5. The minimum Gasteiger partial charge on any atom is -0.390 e. The zero-order valence-electron chi connectivity index (χ0n) is 13.0. The summed E-state index contributed by atoms with van der Waals surface area (Å²) >= 11 is 5.59. The lowest BCUT2D eigenvalue weighted by molar-refractivity contribution is 0.0940. The number of aliphatic hydroxyl groups is 1. The molecule has 0 aliphatic rings. The van der Waals surface area contributed by atoms with Gasteiger partial charge in [0.2, 0.25) is 0 Å². The number of para-hydroxylation sites is 1. The van der Waals surface area contributed by atoms with Gasteiger partial charge in [0.15, 0.2) is 0 Å². The summed E-state index contributed by atoms with van der Waals surface area (Å²) in [7, 11) is 0. The standard InChI is InChI=1S/C18H21ClN2O2/c1-13(14-7-3-2-4-8-14)21-18(23)16-9-5-6-10-17(16)20-12-15(22)11-19/h2-10,13,15,20,22H,11-12H2,1H3,(H,21,23). The Morgan fingerprint density at radius 1 is 1.13 bits per heavy atom. The average molecular weight is 333 g/mol. The van der Waals surface area contributed by atoms with Gasteiger partial charge >= 0.3 is 0 Å². The predicted octanol–water partition coefficient (Wildman–Crippen LogP) is 3.19. The van der Waals surface area contributed by atoms with Gasteiger partial charge in [-0.1, -0.05) is 42.5 Å². The van der Waals surface area contributed by atoms with Crippen LogP contribution in [0.15, 0.2) is 54.6 Å². The lowest BCUT2D eigenvalue weighted by Gasteiger charge is -2.17. The van der Waals surface area contributed by atoms with Crippen molar-refractivity contribution in [1.82, 2.24) is 5.32 Å². The molecule has 2 aromatic carbocycles. The smallest absolute Gasteiger partial charge is 0.253 e. The maximum atomic E-state index is 12.5. The van der Waals surface area contributed by atoms with Crippen molar-refractivity contribution < 1.29 is 9.90 Å². The van der Waals surface area contributed by atoms with Crippen molar-refractivity contribution in [2.24, 2.45) is 0 Å². The maximum absolute atomic E-state index is 12.5. The molecule has 0 aromatic heterocycles. The summed E-state index contributed by atoms with van der Waals surface area (Å²) in [5.74, 6) is -0.0170. The highest BCUT2D eigenvalue weighted by molar-refractivity contribution is 6.18. The number of rotatable bonds is 7. The number of hydrogen-bond donors (Lipinski definition) is 3. The van der Waals surface area contributed by atoms with Gasteiger partial charge in [0.1, 0.15) is 0 Å². The number of carbonyl (C=O) groups excluding carboxylic acids is 1. The quantitative estimate of drug-likeness (QED) is 0.682. The van der Waals surface area contributed by atoms with E-state index in [0.717, 1.165) is 5.56 Å². The molecule has 2 unspecified atom stereocenters. The molecule has 0 radical (unpaired) electrons. The van der Waals surface area contributed by atoms with Crippen LogP contribution >= 0.6 is 11.6 Å². The SMILES string of the molecule is CC(NC(=O)c1ccccc1NCC(O)CCl)c1ccccc1. The number of carbonyl (C=O) groups is 1. The zero-order valence-corrected chi connectivity index (χ0v) is 13.8. The molecule has 0 saturated heterocycles. The number of alkyl halides is 1. The van der Waals surface area contributed by atoms with Crippen LogP contribution in [0.5, 0.6) is 0 Å². The molecule has 0 spiro atoms. The van der Waals surface area contributed by atoms with Crippen molar-refractivity contribution in [2.45, 2.75) is 19.1 Å². The Hall–Kier alpha value is -2.04. The van der Waals surface area contributed by atoms with Crippen LogP contribution in [0.3, 0.4) is 0 Å². The van der Waals surface area contributed by atoms with Gasteiger partial charge in [0.25, 0.3) is 5.91 Å². The van der Waals surface area contributed by atoms with E-state index >= 15 is 0 Å². The molecule has 0 saturated carbocycles. The monoisotopic (exact) mass is 332 g/mol. The van der Waals surface area contributed by atoms with E-state index < -0.39 is 6.10 Å². The Labute approximate surface area is 141 Å². The Morgan fingerprint density at radius 3 is 2.48 bits per heavy atom. The van der Waals surface area contributed by atoms with E-state index in [1.807, 2.05) is 55.5 Å². The molecule has 122 valence electrons. The van der Waals surface area contributed by atoms with E-state index in [1.54, 1.807) is 6.07 Å². The molecule has 2 aromatic rings. The first-order valence-corrected chi connectivity index (χ1v) is 8.08. The van der Waals surface area contributed by atoms with Gasteiger partial charge in [0, 0.05) is 12.2 Å². The van der Waals surface area contributed by atoms with E-state index in [2.05, 4.69) is 10.6 Å². The van der Waals surface area contributed by atoms with Crippen LogP contribution in [0.2, 0.25) is 0 Å². The van der Waals surface area contributed by atoms with Crippen LogP contribution in [0.25, 0.3) is 0 Å². The molecule has 0 heterocycles. The first-order valence-electron chi connectivity index (χ1n) is 7.54. The van der Waals surface area contributed by atoms with E-state index in [0.29, 0.717) is 17.8 Å². The Bertz CT molecular complexity index is 634. The number of aliphatic hydroxyl groups excluding tert-OH is 1. The molecule has 2 rings (SSSR count). The number of halogens is 1. The number of nitrogens with one attached hydrogen (secondary N) is 2. The van der Waals surface area contributed by atoms with E-state index in [9.17, 15) is 9.90 Å². The van der Waals surface area contributed by atoms with Gasteiger partial charge in [-0.15, -0.1) is 11.6 Å². The largest absolute Gasteiger partial charge is 0.390 e. The summed E-state index contributed by atoms with van der Waals surface area (Å²) < 4.78 is 0. The zero-order chi connectivity index (χ0) is 16.7. The third-order valence-corrected chi connectivity index (χ3v) is 3.88. The van der Waals surface area contributed by atoms with Crippen LogP contribution in [0.1, 0.15) is 28.9 Å². The van der Waals surface area contributed by atoms with Crippen LogP contribution < -0.4 is 10.6 Å². The van der Waals surface area contributed by atoms with Crippen LogP contribution in [-0.4, -0.2) is 29.5 Å². The number of anilines is 1. The highest BCUT2D eigenvalue weighted by Crippen LogP contribution is 2.18. The number of benzene rings is 2. The van der Waals surface area contributed by atoms with E-state index in [4.69, 9.17) is 11.6 Å². The molecule has 23 heavy (non-hydrogen) atoms. The highest BCUT2D eigenvalue weighted by atomic mass is 35.5. The lowest BCUT2D eigenvalue weighted by atomic mass is 10.1. The minimum absolute atomic E-state index is 0.0924. The summed E-state index contributed by atoms with van der Waals surface area (Å²) in [6.45, 7) is 2.24. The fourth-order valence-electron chi connectivity index (χ4n) is 2.22. The first kappa shape index (κ1) is 17.3. The summed E-state index contributed by atoms with van der Waals surface area (Å²) in [5.41, 5.74) is 2.26. The second-order valence-electron chi connectivity index (χ2n) is 5.34. The van der Waals surface area contributed by atoms with Gasteiger partial charge in [-0.25, -0.2) is 0 Å². The number of hydrogen-bond acceptors (Lipinski definition) is 3. The molecule has 2 atom stereocenters. The third-order valence-electron chi connectivity index (χ3n) is 3.53. The lowest BCUT2D eigenvalue weighted by Crippen LogP contribution is -2.28. The molecule has 1 amide bonds. The van der Waals surface area contributed by atoms with Crippen LogP contribution in [0.4, 0.5) is 5.69 Å². The Balaban J connectivity index is 2.07. The second-order valence-corrected chi connectivity index (χ2v) is 5.65. The van der Waals surface area contributed by atoms with Crippen molar-refractivity contribution in [3.05, 3.63) is 65.7 Å². The van der Waals surface area contributed by atoms with Gasteiger partial charge in [-0.05, 0) is 24.6 Å². The molecule has 5 heteroatoms. The summed E-state index contributed by atoms with van der Waals surface area (Å²) in [6, 6.07) is 16.9. The maximum Gasteiger partial charge on any atom is 0.253 e. The van der Waals surface area contributed by atoms with E-state index in [1.165, 1.54) is 0 Å². The Kier molecular flexibility index (Phi) is 6.44. The van der Waals surface area contributed by atoms with Gasteiger partial charge in [-0.3, -0.25) is 4.79 Å². The molecule has 0 aliphatic heterocycles. The highest BCUT2D eigenvalue weighted by Gasteiger charge is 2.15. The Morgan fingerprint density at radius 2 is 1.78 bits per heavy atom. The molecular formula is C18H21ClN2O2. The predicted molar refractivity (Wildman–Crippen MR) is 94.0 cm³/mol. The fourth-order valence-corrected chi connectivity index (χ4v) is 2.33. The molecule has 4 nitrogen and oxygen atoms in total.